The maximum absolute atomic E-state index is 12.3. The van der Waals surface area contributed by atoms with Gasteiger partial charge in [-0.05, 0) is 6.42 Å². The summed E-state index contributed by atoms with van der Waals surface area (Å²) < 4.78 is 111. The zero-order valence-corrected chi connectivity index (χ0v) is 9.22. The summed E-state index contributed by atoms with van der Waals surface area (Å²) in [5.41, 5.74) is -6.43. The van der Waals surface area contributed by atoms with Crippen LogP contribution in [0, 0.1) is 5.41 Å². The van der Waals surface area contributed by atoms with Crippen LogP contribution in [-0.4, -0.2) is 31.0 Å². The summed E-state index contributed by atoms with van der Waals surface area (Å²) in [6.07, 6.45) is -20.7. The summed E-state index contributed by atoms with van der Waals surface area (Å²) in [6, 6.07) is 0. The molecule has 0 aromatic rings. The molecule has 11 heteroatoms. The summed E-state index contributed by atoms with van der Waals surface area (Å²) in [6.45, 7) is 0.500. The Morgan fingerprint density at radius 2 is 1.16 bits per heavy atom. The van der Waals surface area contributed by atoms with Crippen LogP contribution in [0.1, 0.15) is 13.3 Å². The number of alkyl halides is 9. The molecule has 1 N–H and O–H groups in total. The fourth-order valence-electron chi connectivity index (χ4n) is 1.24. The van der Waals surface area contributed by atoms with Gasteiger partial charge in [0.1, 0.15) is 0 Å². The van der Waals surface area contributed by atoms with Crippen LogP contribution < -0.4 is 5.32 Å². The van der Waals surface area contributed by atoms with E-state index in [-0.39, 0.29) is 6.42 Å². The van der Waals surface area contributed by atoms with Gasteiger partial charge in [0.25, 0.3) is 5.91 Å². The minimum absolute atomic E-state index is 0.130. The van der Waals surface area contributed by atoms with Crippen molar-refractivity contribution in [2.75, 3.05) is 6.54 Å². The molecule has 0 fully saturated rings. The number of carbonyl (C=O) groups is 1. The van der Waals surface area contributed by atoms with Crippen molar-refractivity contribution in [1.82, 2.24) is 5.32 Å². The van der Waals surface area contributed by atoms with Crippen LogP contribution in [0.15, 0.2) is 0 Å². The van der Waals surface area contributed by atoms with Crippen LogP contribution in [0.4, 0.5) is 39.5 Å². The first kappa shape index (κ1) is 17.8. The number of nitrogens with one attached hydrogen (secondary N) is 1. The van der Waals surface area contributed by atoms with Crippen LogP contribution in [0.2, 0.25) is 0 Å². The lowest BCUT2D eigenvalue weighted by molar-refractivity contribution is -0.406. The van der Waals surface area contributed by atoms with Gasteiger partial charge in [-0.25, -0.2) is 0 Å². The van der Waals surface area contributed by atoms with E-state index < -0.39 is 36.4 Å². The topological polar surface area (TPSA) is 29.1 Å². The lowest BCUT2D eigenvalue weighted by Crippen LogP contribution is -2.67. The summed E-state index contributed by atoms with van der Waals surface area (Å²) >= 11 is 0. The van der Waals surface area contributed by atoms with Crippen molar-refractivity contribution in [3.63, 3.8) is 0 Å². The SMILES string of the molecule is CCCNC(=O)C(C(F)(F)F)(C(F)(F)F)C(F)(F)F. The molecular formula is C8H8F9NO. The third-order valence-corrected chi connectivity index (χ3v) is 2.15. The third-order valence-electron chi connectivity index (χ3n) is 2.15. The molecule has 0 aromatic heterocycles. The van der Waals surface area contributed by atoms with Gasteiger partial charge in [-0.1, -0.05) is 6.92 Å². The van der Waals surface area contributed by atoms with Gasteiger partial charge in [-0.2, -0.15) is 39.5 Å². The molecule has 0 heterocycles. The highest BCUT2D eigenvalue weighted by Crippen LogP contribution is 2.59. The predicted molar refractivity (Wildman–Crippen MR) is 43.9 cm³/mol. The monoisotopic (exact) mass is 305 g/mol. The molecule has 0 atom stereocenters. The van der Waals surface area contributed by atoms with Gasteiger partial charge >= 0.3 is 23.9 Å². The Balaban J connectivity index is 6.04. The maximum Gasteiger partial charge on any atom is 0.421 e. The van der Waals surface area contributed by atoms with Crippen LogP contribution in [0.5, 0.6) is 0 Å². The molecule has 0 bridgehead atoms. The molecule has 0 rings (SSSR count). The molecule has 0 aliphatic heterocycles. The molecule has 0 saturated heterocycles. The number of halogens is 9. The highest BCUT2D eigenvalue weighted by atomic mass is 19.4. The number of rotatable bonds is 3. The molecular weight excluding hydrogens is 297 g/mol. The van der Waals surface area contributed by atoms with Crippen LogP contribution in [0.3, 0.4) is 0 Å². The van der Waals surface area contributed by atoms with Crippen LogP contribution in [0.25, 0.3) is 0 Å². The van der Waals surface area contributed by atoms with Crippen LogP contribution >= 0.6 is 0 Å². The molecule has 1 amide bonds. The molecule has 114 valence electrons. The number of carbonyl (C=O) groups excluding carboxylic acids is 1. The molecule has 0 aromatic carbocycles. The Bertz CT molecular complexity index is 291. The van der Waals surface area contributed by atoms with Gasteiger partial charge in [0, 0.05) is 6.54 Å². The first-order valence-electron chi connectivity index (χ1n) is 4.72. The largest absolute Gasteiger partial charge is 0.421 e. The van der Waals surface area contributed by atoms with Crippen molar-refractivity contribution >= 4 is 5.91 Å². The van der Waals surface area contributed by atoms with E-state index in [4.69, 9.17) is 0 Å². The maximum atomic E-state index is 12.3. The average molecular weight is 305 g/mol. The Labute approximate surface area is 100 Å². The minimum Gasteiger partial charge on any atom is -0.355 e. The summed E-state index contributed by atoms with van der Waals surface area (Å²) in [4.78, 5) is 10.9. The minimum atomic E-state index is -6.86. The van der Waals surface area contributed by atoms with E-state index in [1.807, 2.05) is 0 Å². The van der Waals surface area contributed by atoms with E-state index in [0.29, 0.717) is 0 Å². The second-order valence-corrected chi connectivity index (χ2v) is 3.50. The Morgan fingerprint density at radius 3 is 1.37 bits per heavy atom. The van der Waals surface area contributed by atoms with Crippen molar-refractivity contribution < 1.29 is 44.3 Å². The molecule has 0 saturated carbocycles. The average Bonchev–Trinajstić information content (AvgIpc) is 2.07. The van der Waals surface area contributed by atoms with E-state index in [0.717, 1.165) is 5.32 Å². The molecule has 2 nitrogen and oxygen atoms in total. The van der Waals surface area contributed by atoms with E-state index >= 15 is 0 Å². The molecule has 19 heavy (non-hydrogen) atoms. The quantitative estimate of drug-likeness (QED) is 0.797. The Kier molecular flexibility index (Phi) is 4.77. The van der Waals surface area contributed by atoms with Crippen molar-refractivity contribution in [1.29, 1.82) is 0 Å². The summed E-state index contributed by atoms with van der Waals surface area (Å²) in [7, 11) is 0. The Morgan fingerprint density at radius 1 is 0.842 bits per heavy atom. The predicted octanol–water partition coefficient (Wildman–Crippen LogP) is 3.19. The zero-order chi connectivity index (χ0) is 15.7. The van der Waals surface area contributed by atoms with E-state index in [1.165, 1.54) is 6.92 Å². The zero-order valence-electron chi connectivity index (χ0n) is 9.22. The smallest absolute Gasteiger partial charge is 0.355 e. The van der Waals surface area contributed by atoms with Crippen molar-refractivity contribution in [2.45, 2.75) is 31.9 Å². The Hall–Kier alpha value is -1.16. The second-order valence-electron chi connectivity index (χ2n) is 3.50. The summed E-state index contributed by atoms with van der Waals surface area (Å²) in [5.74, 6) is -3.18. The fourth-order valence-corrected chi connectivity index (χ4v) is 1.24. The first-order chi connectivity index (χ1) is 8.23. The molecule has 0 unspecified atom stereocenters. The van der Waals surface area contributed by atoms with Gasteiger partial charge < -0.3 is 5.32 Å². The number of hydrogen-bond acceptors (Lipinski definition) is 1. The van der Waals surface area contributed by atoms with Gasteiger partial charge in [0.15, 0.2) is 0 Å². The molecule has 0 radical (unpaired) electrons. The number of hydrogen-bond donors (Lipinski definition) is 1. The number of amides is 1. The lowest BCUT2D eigenvalue weighted by Gasteiger charge is -2.36. The van der Waals surface area contributed by atoms with Gasteiger partial charge in [0.05, 0.1) is 0 Å². The van der Waals surface area contributed by atoms with Gasteiger partial charge in [-0.3, -0.25) is 4.79 Å². The third kappa shape index (κ3) is 2.89. The second kappa shape index (κ2) is 5.08. The molecule has 0 aliphatic rings. The molecule has 0 spiro atoms. The highest BCUT2D eigenvalue weighted by molar-refractivity contribution is 5.85. The van der Waals surface area contributed by atoms with Gasteiger partial charge in [0.2, 0.25) is 0 Å². The van der Waals surface area contributed by atoms with Crippen LogP contribution in [-0.2, 0) is 4.79 Å². The first-order valence-corrected chi connectivity index (χ1v) is 4.72. The van der Waals surface area contributed by atoms with E-state index in [1.54, 1.807) is 0 Å². The summed E-state index contributed by atoms with van der Waals surface area (Å²) in [5, 5.41) is 0.994. The van der Waals surface area contributed by atoms with Crippen molar-refractivity contribution in [3.8, 4) is 0 Å². The lowest BCUT2D eigenvalue weighted by atomic mass is 9.84. The standard InChI is InChI=1S/C8H8F9NO/c1-2-3-18-4(19)5(6(9,10)11,7(12,13)14)8(15,16)17/h2-3H2,1H3,(H,18,19). The highest BCUT2D eigenvalue weighted by Gasteiger charge is 2.87. The molecule has 0 aliphatic carbocycles. The van der Waals surface area contributed by atoms with Crippen molar-refractivity contribution in [2.24, 2.45) is 5.41 Å². The fraction of sp³-hybridized carbons (Fsp3) is 0.875. The van der Waals surface area contributed by atoms with Gasteiger partial charge in [-0.15, -0.1) is 0 Å². The van der Waals surface area contributed by atoms with E-state index in [9.17, 15) is 44.3 Å². The van der Waals surface area contributed by atoms with Crippen molar-refractivity contribution in [3.05, 3.63) is 0 Å². The van der Waals surface area contributed by atoms with E-state index in [2.05, 4.69) is 0 Å². The normalized spacial score (nSPS) is 14.4.